The summed E-state index contributed by atoms with van der Waals surface area (Å²) in [5.74, 6) is 0. The number of hydrogen-bond donors (Lipinski definition) is 0. The molecule has 1 aromatic heterocycles. The summed E-state index contributed by atoms with van der Waals surface area (Å²) >= 11 is 1.40. The summed E-state index contributed by atoms with van der Waals surface area (Å²) in [6.45, 7) is 3.95. The minimum atomic E-state index is -0.405. The fraction of sp³-hybridized carbons (Fsp3) is 0.571. The molecule has 0 saturated heterocycles. The monoisotopic (exact) mass is 201 g/mol. The van der Waals surface area contributed by atoms with Crippen molar-refractivity contribution in [2.24, 2.45) is 7.05 Å². The Kier molecular flexibility index (Phi) is 2.92. The second kappa shape index (κ2) is 3.78. The molecule has 6 heteroatoms. The smallest absolute Gasteiger partial charge is 0.267 e. The van der Waals surface area contributed by atoms with Gasteiger partial charge in [0.05, 0.1) is 4.92 Å². The highest BCUT2D eigenvalue weighted by Gasteiger charge is 2.19. The van der Waals surface area contributed by atoms with Gasteiger partial charge < -0.3 is 0 Å². The largest absolute Gasteiger partial charge is 0.320 e. The van der Waals surface area contributed by atoms with Crippen molar-refractivity contribution in [1.29, 1.82) is 0 Å². The van der Waals surface area contributed by atoms with E-state index in [0.29, 0.717) is 10.3 Å². The standard InChI is InChI=1S/C7H11N3O2S/c1-5(2)13-7-6(10(11)12)4-9(3)8-7/h4-5H,1-3H3. The summed E-state index contributed by atoms with van der Waals surface area (Å²) in [7, 11) is 1.68. The summed E-state index contributed by atoms with van der Waals surface area (Å²) in [6.07, 6.45) is 1.42. The molecule has 13 heavy (non-hydrogen) atoms. The maximum Gasteiger partial charge on any atom is 0.320 e. The van der Waals surface area contributed by atoms with Gasteiger partial charge in [-0.3, -0.25) is 14.8 Å². The first-order chi connectivity index (χ1) is 6.00. The molecule has 1 rings (SSSR count). The molecule has 0 aliphatic carbocycles. The van der Waals surface area contributed by atoms with Gasteiger partial charge >= 0.3 is 5.69 Å². The lowest BCUT2D eigenvalue weighted by atomic mass is 10.6. The third kappa shape index (κ3) is 2.45. The Hall–Kier alpha value is -1.04. The fourth-order valence-electron chi connectivity index (χ4n) is 0.888. The second-order valence-electron chi connectivity index (χ2n) is 2.92. The summed E-state index contributed by atoms with van der Waals surface area (Å²) < 4.78 is 1.46. The van der Waals surface area contributed by atoms with Gasteiger partial charge in [0.1, 0.15) is 6.20 Å². The van der Waals surface area contributed by atoms with Crippen LogP contribution in [0.5, 0.6) is 0 Å². The molecule has 0 amide bonds. The Morgan fingerprint density at radius 2 is 2.31 bits per heavy atom. The molecule has 0 aliphatic rings. The average molecular weight is 201 g/mol. The second-order valence-corrected chi connectivity index (χ2v) is 4.48. The summed E-state index contributed by atoms with van der Waals surface area (Å²) in [4.78, 5) is 10.2. The molecule has 5 nitrogen and oxygen atoms in total. The molecule has 0 bridgehead atoms. The Bertz CT molecular complexity index is 322. The van der Waals surface area contributed by atoms with Crippen LogP contribution in [0, 0.1) is 10.1 Å². The number of thioether (sulfide) groups is 1. The molecule has 0 aliphatic heterocycles. The van der Waals surface area contributed by atoms with Gasteiger partial charge in [0.2, 0.25) is 0 Å². The average Bonchev–Trinajstić information content (AvgIpc) is 2.29. The van der Waals surface area contributed by atoms with Crippen LogP contribution in [-0.4, -0.2) is 20.0 Å². The van der Waals surface area contributed by atoms with Gasteiger partial charge in [-0.15, -0.1) is 0 Å². The number of aryl methyl sites for hydroxylation is 1. The zero-order chi connectivity index (χ0) is 10.0. The predicted octanol–water partition coefficient (Wildman–Crippen LogP) is 1.83. The Labute approximate surface area is 80.3 Å². The van der Waals surface area contributed by atoms with Crippen molar-refractivity contribution >= 4 is 17.4 Å². The molecule has 1 heterocycles. The molecule has 0 atom stereocenters. The highest BCUT2D eigenvalue weighted by Crippen LogP contribution is 2.29. The Morgan fingerprint density at radius 3 is 2.77 bits per heavy atom. The van der Waals surface area contributed by atoms with Crippen LogP contribution in [0.4, 0.5) is 5.69 Å². The van der Waals surface area contributed by atoms with Crippen molar-refractivity contribution in [1.82, 2.24) is 9.78 Å². The van der Waals surface area contributed by atoms with Crippen molar-refractivity contribution in [2.75, 3.05) is 0 Å². The zero-order valence-electron chi connectivity index (χ0n) is 7.72. The molecule has 1 aromatic rings. The number of aromatic nitrogens is 2. The van der Waals surface area contributed by atoms with E-state index >= 15 is 0 Å². The Balaban J connectivity index is 2.97. The highest BCUT2D eigenvalue weighted by molar-refractivity contribution is 7.99. The van der Waals surface area contributed by atoms with E-state index in [1.54, 1.807) is 7.05 Å². The number of rotatable bonds is 3. The molecule has 0 radical (unpaired) electrons. The van der Waals surface area contributed by atoms with E-state index in [-0.39, 0.29) is 5.69 Å². The first-order valence-electron chi connectivity index (χ1n) is 3.85. The maximum absolute atomic E-state index is 10.6. The number of hydrogen-bond acceptors (Lipinski definition) is 4. The van der Waals surface area contributed by atoms with Gasteiger partial charge in [0, 0.05) is 12.3 Å². The van der Waals surface area contributed by atoms with Gasteiger partial charge in [0.15, 0.2) is 5.03 Å². The molecule has 0 N–H and O–H groups in total. The van der Waals surface area contributed by atoms with Crippen LogP contribution in [0.1, 0.15) is 13.8 Å². The van der Waals surface area contributed by atoms with Crippen molar-refractivity contribution in [3.8, 4) is 0 Å². The molecule has 72 valence electrons. The molecule has 0 fully saturated rings. The van der Waals surface area contributed by atoms with Gasteiger partial charge in [-0.25, -0.2) is 0 Å². The van der Waals surface area contributed by atoms with Crippen LogP contribution in [0.3, 0.4) is 0 Å². The third-order valence-electron chi connectivity index (χ3n) is 1.32. The van der Waals surface area contributed by atoms with Crippen LogP contribution in [0.25, 0.3) is 0 Å². The van der Waals surface area contributed by atoms with E-state index in [1.165, 1.54) is 22.6 Å². The van der Waals surface area contributed by atoms with Crippen molar-refractivity contribution in [3.63, 3.8) is 0 Å². The molecule has 0 unspecified atom stereocenters. The molecule has 0 spiro atoms. The van der Waals surface area contributed by atoms with E-state index in [0.717, 1.165) is 0 Å². The van der Waals surface area contributed by atoms with Gasteiger partial charge in [-0.2, -0.15) is 5.10 Å². The number of nitrogens with zero attached hydrogens (tertiary/aromatic N) is 3. The van der Waals surface area contributed by atoms with Gasteiger partial charge in [-0.1, -0.05) is 25.6 Å². The first kappa shape index (κ1) is 10.0. The minimum Gasteiger partial charge on any atom is -0.267 e. The SMILES string of the molecule is CC(C)Sc1nn(C)cc1[N+](=O)[O-]. The quantitative estimate of drug-likeness (QED) is 0.425. The minimum absolute atomic E-state index is 0.0844. The van der Waals surface area contributed by atoms with Crippen LogP contribution in [0.15, 0.2) is 11.2 Å². The van der Waals surface area contributed by atoms with Crippen LogP contribution < -0.4 is 0 Å². The molecular weight excluding hydrogens is 190 g/mol. The van der Waals surface area contributed by atoms with Crippen molar-refractivity contribution < 1.29 is 4.92 Å². The lowest BCUT2D eigenvalue weighted by molar-refractivity contribution is -0.387. The van der Waals surface area contributed by atoms with Crippen LogP contribution in [0.2, 0.25) is 0 Å². The van der Waals surface area contributed by atoms with Gasteiger partial charge in [-0.05, 0) is 0 Å². The molecule has 0 aromatic carbocycles. The summed E-state index contributed by atoms with van der Waals surface area (Å²) in [5.41, 5.74) is 0.0844. The van der Waals surface area contributed by atoms with Gasteiger partial charge in [0.25, 0.3) is 0 Å². The van der Waals surface area contributed by atoms with E-state index in [9.17, 15) is 10.1 Å². The predicted molar refractivity (Wildman–Crippen MR) is 50.9 cm³/mol. The highest BCUT2D eigenvalue weighted by atomic mass is 32.2. The van der Waals surface area contributed by atoms with Crippen LogP contribution >= 0.6 is 11.8 Å². The first-order valence-corrected chi connectivity index (χ1v) is 4.73. The van der Waals surface area contributed by atoms with Crippen molar-refractivity contribution in [3.05, 3.63) is 16.3 Å². The summed E-state index contributed by atoms with van der Waals surface area (Å²) in [6, 6.07) is 0. The fourth-order valence-corrected chi connectivity index (χ4v) is 1.76. The third-order valence-corrected chi connectivity index (χ3v) is 2.31. The van der Waals surface area contributed by atoms with E-state index in [2.05, 4.69) is 5.10 Å². The maximum atomic E-state index is 10.6. The topological polar surface area (TPSA) is 61.0 Å². The lowest BCUT2D eigenvalue weighted by Gasteiger charge is -1.98. The molecular formula is C7H11N3O2S. The summed E-state index contributed by atoms with van der Waals surface area (Å²) in [5, 5.41) is 15.4. The molecule has 0 saturated carbocycles. The Morgan fingerprint density at radius 1 is 1.69 bits per heavy atom. The van der Waals surface area contributed by atoms with E-state index < -0.39 is 4.92 Å². The van der Waals surface area contributed by atoms with E-state index in [1.807, 2.05) is 13.8 Å². The number of nitro groups is 1. The van der Waals surface area contributed by atoms with Crippen LogP contribution in [-0.2, 0) is 7.05 Å². The normalized spacial score (nSPS) is 10.8. The van der Waals surface area contributed by atoms with Crippen molar-refractivity contribution in [2.45, 2.75) is 24.1 Å². The van der Waals surface area contributed by atoms with E-state index in [4.69, 9.17) is 0 Å². The zero-order valence-corrected chi connectivity index (χ0v) is 8.54. The lowest BCUT2D eigenvalue weighted by Crippen LogP contribution is -1.92.